The second kappa shape index (κ2) is 6.20. The van der Waals surface area contributed by atoms with Crippen LogP contribution < -0.4 is 0 Å². The van der Waals surface area contributed by atoms with Crippen molar-refractivity contribution in [3.63, 3.8) is 0 Å². The maximum Gasteiger partial charge on any atom is -0.00999 e. The lowest BCUT2D eigenvalue weighted by Crippen LogP contribution is -1.90. The van der Waals surface area contributed by atoms with Crippen molar-refractivity contribution in [2.24, 2.45) is 0 Å². The second-order valence-electron chi connectivity index (χ2n) is 4.60. The van der Waals surface area contributed by atoms with Gasteiger partial charge < -0.3 is 0 Å². The lowest BCUT2D eigenvalue weighted by molar-refractivity contribution is 0.923. The van der Waals surface area contributed by atoms with Gasteiger partial charge in [0.25, 0.3) is 0 Å². The van der Waals surface area contributed by atoms with E-state index in [2.05, 4.69) is 62.0 Å². The van der Waals surface area contributed by atoms with E-state index in [1.807, 2.05) is 6.08 Å². The Morgan fingerprint density at radius 2 is 1.89 bits per heavy atom. The maximum absolute atomic E-state index is 3.81. The van der Waals surface area contributed by atoms with Crippen LogP contribution in [-0.2, 0) is 12.8 Å². The molecule has 0 bridgehead atoms. The maximum atomic E-state index is 3.81. The fraction of sp³-hybridized carbons (Fsp3) is 0.222. The Bertz CT molecular complexity index is 523. The van der Waals surface area contributed by atoms with E-state index in [1.54, 1.807) is 0 Å². The molecule has 0 aliphatic heterocycles. The SMILES string of the molecule is C=CCc1cccc(-c2ccccc2CCC)c1. The largest absolute Gasteiger partial charge is 0.103 e. The molecule has 0 unspecified atom stereocenters. The summed E-state index contributed by atoms with van der Waals surface area (Å²) in [5.74, 6) is 0. The molecule has 18 heavy (non-hydrogen) atoms. The summed E-state index contributed by atoms with van der Waals surface area (Å²) in [6.07, 6.45) is 5.21. The Labute approximate surface area is 110 Å². The molecule has 0 aliphatic carbocycles. The van der Waals surface area contributed by atoms with Crippen LogP contribution >= 0.6 is 0 Å². The molecule has 0 amide bonds. The van der Waals surface area contributed by atoms with Crippen LogP contribution in [-0.4, -0.2) is 0 Å². The molecule has 0 N–H and O–H groups in total. The zero-order valence-corrected chi connectivity index (χ0v) is 11.0. The number of hydrogen-bond donors (Lipinski definition) is 0. The number of rotatable bonds is 5. The van der Waals surface area contributed by atoms with Gasteiger partial charge in [-0.2, -0.15) is 0 Å². The van der Waals surface area contributed by atoms with Crippen LogP contribution in [0.25, 0.3) is 11.1 Å². The van der Waals surface area contributed by atoms with Crippen LogP contribution in [0.1, 0.15) is 24.5 Å². The third kappa shape index (κ3) is 2.89. The van der Waals surface area contributed by atoms with Crippen molar-refractivity contribution in [1.82, 2.24) is 0 Å². The molecule has 2 aromatic carbocycles. The van der Waals surface area contributed by atoms with E-state index in [4.69, 9.17) is 0 Å². The predicted molar refractivity (Wildman–Crippen MR) is 79.8 cm³/mol. The van der Waals surface area contributed by atoms with Crippen LogP contribution in [0.4, 0.5) is 0 Å². The molecule has 0 saturated carbocycles. The highest BCUT2D eigenvalue weighted by molar-refractivity contribution is 5.68. The van der Waals surface area contributed by atoms with Gasteiger partial charge in [-0.15, -0.1) is 6.58 Å². The molecule has 0 atom stereocenters. The first-order valence-electron chi connectivity index (χ1n) is 6.63. The summed E-state index contributed by atoms with van der Waals surface area (Å²) >= 11 is 0. The van der Waals surface area contributed by atoms with Crippen molar-refractivity contribution in [1.29, 1.82) is 0 Å². The minimum atomic E-state index is 0.934. The molecule has 0 heterocycles. The molecule has 92 valence electrons. The normalized spacial score (nSPS) is 10.3. The quantitative estimate of drug-likeness (QED) is 0.638. The average Bonchev–Trinajstić information content (AvgIpc) is 2.40. The Balaban J connectivity index is 2.41. The molecule has 2 rings (SSSR count). The third-order valence-corrected chi connectivity index (χ3v) is 3.15. The summed E-state index contributed by atoms with van der Waals surface area (Å²) in [4.78, 5) is 0. The molecular weight excluding hydrogens is 216 g/mol. The molecule has 0 aromatic heterocycles. The number of aryl methyl sites for hydroxylation is 1. The van der Waals surface area contributed by atoms with Crippen molar-refractivity contribution in [3.05, 3.63) is 72.3 Å². The van der Waals surface area contributed by atoms with Crippen molar-refractivity contribution >= 4 is 0 Å². The fourth-order valence-electron chi connectivity index (χ4n) is 2.32. The average molecular weight is 236 g/mol. The standard InChI is InChI=1S/C18H20/c1-3-8-15-10-7-12-17(14-15)18-13-6-5-11-16(18)9-4-2/h3,5-7,10-14H,1,4,8-9H2,2H3. The molecule has 2 aromatic rings. The van der Waals surface area contributed by atoms with Gasteiger partial charge in [0, 0.05) is 0 Å². The Morgan fingerprint density at radius 3 is 2.67 bits per heavy atom. The van der Waals surface area contributed by atoms with Crippen LogP contribution in [0.15, 0.2) is 61.2 Å². The van der Waals surface area contributed by atoms with Crippen LogP contribution in [0.3, 0.4) is 0 Å². The van der Waals surface area contributed by atoms with E-state index in [0.717, 1.165) is 12.8 Å². The first-order valence-corrected chi connectivity index (χ1v) is 6.63. The van der Waals surface area contributed by atoms with Gasteiger partial charge in [0.1, 0.15) is 0 Å². The van der Waals surface area contributed by atoms with Gasteiger partial charge in [0.05, 0.1) is 0 Å². The zero-order chi connectivity index (χ0) is 12.8. The predicted octanol–water partition coefficient (Wildman–Crippen LogP) is 5.03. The molecule has 0 radical (unpaired) electrons. The van der Waals surface area contributed by atoms with Crippen LogP contribution in [0.5, 0.6) is 0 Å². The van der Waals surface area contributed by atoms with Crippen molar-refractivity contribution in [2.75, 3.05) is 0 Å². The summed E-state index contributed by atoms with van der Waals surface area (Å²) in [5, 5.41) is 0. The van der Waals surface area contributed by atoms with E-state index in [-0.39, 0.29) is 0 Å². The fourth-order valence-corrected chi connectivity index (χ4v) is 2.32. The van der Waals surface area contributed by atoms with Crippen molar-refractivity contribution in [2.45, 2.75) is 26.2 Å². The van der Waals surface area contributed by atoms with Gasteiger partial charge in [0.15, 0.2) is 0 Å². The number of allylic oxidation sites excluding steroid dienone is 1. The second-order valence-corrected chi connectivity index (χ2v) is 4.60. The molecule has 0 aliphatic rings. The highest BCUT2D eigenvalue weighted by Gasteiger charge is 2.04. The van der Waals surface area contributed by atoms with E-state index < -0.39 is 0 Å². The Morgan fingerprint density at radius 1 is 1.06 bits per heavy atom. The lowest BCUT2D eigenvalue weighted by Gasteiger charge is -2.10. The molecule has 0 fully saturated rings. The van der Waals surface area contributed by atoms with Gasteiger partial charge >= 0.3 is 0 Å². The van der Waals surface area contributed by atoms with E-state index in [9.17, 15) is 0 Å². The molecule has 0 nitrogen and oxygen atoms in total. The summed E-state index contributed by atoms with van der Waals surface area (Å²) in [6.45, 7) is 6.03. The molecule has 0 saturated heterocycles. The molecule has 0 heteroatoms. The summed E-state index contributed by atoms with van der Waals surface area (Å²) in [6, 6.07) is 17.5. The smallest absolute Gasteiger partial charge is 0.00999 e. The number of benzene rings is 2. The van der Waals surface area contributed by atoms with Gasteiger partial charge in [-0.1, -0.05) is 68.0 Å². The highest BCUT2D eigenvalue weighted by atomic mass is 14.1. The van der Waals surface area contributed by atoms with E-state index in [1.165, 1.54) is 28.7 Å². The van der Waals surface area contributed by atoms with Gasteiger partial charge in [0.2, 0.25) is 0 Å². The summed E-state index contributed by atoms with van der Waals surface area (Å²) < 4.78 is 0. The zero-order valence-electron chi connectivity index (χ0n) is 11.0. The first-order chi connectivity index (χ1) is 8.85. The van der Waals surface area contributed by atoms with Crippen molar-refractivity contribution < 1.29 is 0 Å². The minimum Gasteiger partial charge on any atom is -0.103 e. The first kappa shape index (κ1) is 12.6. The summed E-state index contributed by atoms with van der Waals surface area (Å²) in [5.41, 5.74) is 5.45. The van der Waals surface area contributed by atoms with Crippen LogP contribution in [0.2, 0.25) is 0 Å². The van der Waals surface area contributed by atoms with E-state index in [0.29, 0.717) is 0 Å². The number of hydrogen-bond acceptors (Lipinski definition) is 0. The molecule has 0 spiro atoms. The van der Waals surface area contributed by atoms with Gasteiger partial charge in [-0.05, 0) is 35.1 Å². The minimum absolute atomic E-state index is 0.934. The van der Waals surface area contributed by atoms with Gasteiger partial charge in [-0.25, -0.2) is 0 Å². The summed E-state index contributed by atoms with van der Waals surface area (Å²) in [7, 11) is 0. The highest BCUT2D eigenvalue weighted by Crippen LogP contribution is 2.25. The Hall–Kier alpha value is -1.82. The third-order valence-electron chi connectivity index (χ3n) is 3.15. The van der Waals surface area contributed by atoms with E-state index >= 15 is 0 Å². The van der Waals surface area contributed by atoms with Crippen LogP contribution in [0, 0.1) is 0 Å². The lowest BCUT2D eigenvalue weighted by atomic mass is 9.95. The molecular formula is C18H20. The van der Waals surface area contributed by atoms with Gasteiger partial charge in [-0.3, -0.25) is 0 Å². The monoisotopic (exact) mass is 236 g/mol. The topological polar surface area (TPSA) is 0 Å². The Kier molecular flexibility index (Phi) is 4.35. The van der Waals surface area contributed by atoms with Crippen molar-refractivity contribution in [3.8, 4) is 11.1 Å².